The molecule has 0 bridgehead atoms. The molecule has 0 unspecified atom stereocenters. The number of hydrogen-bond acceptors (Lipinski definition) is 2. The molecule has 1 aromatic heterocycles. The Labute approximate surface area is 100 Å². The Morgan fingerprint density at radius 2 is 2.06 bits per heavy atom. The zero-order chi connectivity index (χ0) is 11.7. The topological polar surface area (TPSA) is 22.1 Å². The lowest BCUT2D eigenvalue weighted by molar-refractivity contribution is 0.419. The Morgan fingerprint density at radius 1 is 1.31 bits per heavy atom. The molecule has 0 aliphatic heterocycles. The highest BCUT2D eigenvalue weighted by Gasteiger charge is 2.12. The Kier molecular flexibility index (Phi) is 3.01. The lowest BCUT2D eigenvalue weighted by Crippen LogP contribution is -1.94. The highest BCUT2D eigenvalue weighted by Crippen LogP contribution is 2.34. The second-order valence-electron chi connectivity index (χ2n) is 4.04. The van der Waals surface area contributed by atoms with E-state index in [9.17, 15) is 0 Å². The maximum Gasteiger partial charge on any atom is 0.140 e. The van der Waals surface area contributed by atoms with Gasteiger partial charge >= 0.3 is 0 Å². The number of benzene rings is 1. The molecule has 0 radical (unpaired) electrons. The molecule has 0 aliphatic rings. The van der Waals surface area contributed by atoms with Gasteiger partial charge in [0.1, 0.15) is 10.9 Å². The highest BCUT2D eigenvalue weighted by molar-refractivity contribution is 6.35. The number of halogens is 1. The van der Waals surface area contributed by atoms with E-state index in [1.54, 1.807) is 7.11 Å². The SMILES string of the molecule is COc1cccc2c(C(C)C)cnc(Cl)c12. The molecule has 3 heteroatoms. The minimum Gasteiger partial charge on any atom is -0.496 e. The van der Waals surface area contributed by atoms with Crippen molar-refractivity contribution >= 4 is 22.4 Å². The Balaban J connectivity index is 2.85. The number of ether oxygens (including phenoxy) is 1. The van der Waals surface area contributed by atoms with Crippen molar-refractivity contribution in [3.8, 4) is 5.75 Å². The van der Waals surface area contributed by atoms with Crippen molar-refractivity contribution < 1.29 is 4.74 Å². The van der Waals surface area contributed by atoms with Crippen molar-refractivity contribution in [2.24, 2.45) is 0 Å². The average Bonchev–Trinajstić information content (AvgIpc) is 2.28. The molecule has 2 rings (SSSR count). The Bertz CT molecular complexity index is 523. The van der Waals surface area contributed by atoms with Gasteiger partial charge < -0.3 is 4.74 Å². The number of methoxy groups -OCH3 is 1. The third kappa shape index (κ3) is 1.74. The van der Waals surface area contributed by atoms with Gasteiger partial charge in [-0.1, -0.05) is 37.6 Å². The summed E-state index contributed by atoms with van der Waals surface area (Å²) in [6.07, 6.45) is 1.84. The highest BCUT2D eigenvalue weighted by atomic mass is 35.5. The summed E-state index contributed by atoms with van der Waals surface area (Å²) < 4.78 is 5.32. The number of hydrogen-bond donors (Lipinski definition) is 0. The van der Waals surface area contributed by atoms with E-state index in [-0.39, 0.29) is 0 Å². The molecule has 2 nitrogen and oxygen atoms in total. The van der Waals surface area contributed by atoms with Gasteiger partial charge in [-0.05, 0) is 22.9 Å². The number of rotatable bonds is 2. The van der Waals surface area contributed by atoms with Crippen molar-refractivity contribution in [2.75, 3.05) is 7.11 Å². The summed E-state index contributed by atoms with van der Waals surface area (Å²) in [5, 5.41) is 2.52. The van der Waals surface area contributed by atoms with Gasteiger partial charge in [-0.2, -0.15) is 0 Å². The minimum absolute atomic E-state index is 0.416. The molecule has 0 N–H and O–H groups in total. The quantitative estimate of drug-likeness (QED) is 0.734. The first-order valence-corrected chi connectivity index (χ1v) is 5.64. The number of nitrogens with zero attached hydrogens (tertiary/aromatic N) is 1. The van der Waals surface area contributed by atoms with Gasteiger partial charge in [-0.3, -0.25) is 0 Å². The van der Waals surface area contributed by atoms with Gasteiger partial charge in [0.2, 0.25) is 0 Å². The van der Waals surface area contributed by atoms with Crippen LogP contribution in [0.15, 0.2) is 24.4 Å². The van der Waals surface area contributed by atoms with E-state index >= 15 is 0 Å². The van der Waals surface area contributed by atoms with E-state index in [2.05, 4.69) is 24.9 Å². The van der Waals surface area contributed by atoms with E-state index in [0.29, 0.717) is 11.1 Å². The van der Waals surface area contributed by atoms with E-state index in [0.717, 1.165) is 16.5 Å². The molecular weight excluding hydrogens is 222 g/mol. The molecule has 0 atom stereocenters. The number of fused-ring (bicyclic) bond motifs is 1. The predicted molar refractivity (Wildman–Crippen MR) is 67.4 cm³/mol. The molecule has 1 aromatic carbocycles. The molecule has 0 fully saturated rings. The monoisotopic (exact) mass is 235 g/mol. The number of pyridine rings is 1. The van der Waals surface area contributed by atoms with Crippen LogP contribution in [0.2, 0.25) is 5.15 Å². The summed E-state index contributed by atoms with van der Waals surface area (Å²) in [4.78, 5) is 4.22. The Morgan fingerprint density at radius 3 is 2.69 bits per heavy atom. The fourth-order valence-electron chi connectivity index (χ4n) is 1.87. The van der Waals surface area contributed by atoms with Gasteiger partial charge in [0.05, 0.1) is 12.5 Å². The van der Waals surface area contributed by atoms with Crippen LogP contribution in [-0.2, 0) is 0 Å². The molecule has 16 heavy (non-hydrogen) atoms. The maximum absolute atomic E-state index is 6.13. The summed E-state index contributed by atoms with van der Waals surface area (Å²) in [5.41, 5.74) is 1.19. The van der Waals surface area contributed by atoms with E-state index in [1.165, 1.54) is 5.56 Å². The lowest BCUT2D eigenvalue weighted by Gasteiger charge is -2.12. The second kappa shape index (κ2) is 4.30. The summed E-state index contributed by atoms with van der Waals surface area (Å²) in [6, 6.07) is 5.93. The zero-order valence-electron chi connectivity index (χ0n) is 9.62. The zero-order valence-corrected chi connectivity index (χ0v) is 10.4. The molecule has 0 aliphatic carbocycles. The standard InChI is InChI=1S/C13H14ClNO/c1-8(2)10-7-15-13(14)12-9(10)5-4-6-11(12)16-3/h4-8H,1-3H3. The summed E-state index contributed by atoms with van der Waals surface area (Å²) >= 11 is 6.13. The number of aromatic nitrogens is 1. The summed E-state index contributed by atoms with van der Waals surface area (Å²) in [6.45, 7) is 4.29. The van der Waals surface area contributed by atoms with Crippen molar-refractivity contribution in [1.29, 1.82) is 0 Å². The first kappa shape index (κ1) is 11.2. The van der Waals surface area contributed by atoms with Crippen LogP contribution in [-0.4, -0.2) is 12.1 Å². The summed E-state index contributed by atoms with van der Waals surface area (Å²) in [7, 11) is 1.65. The van der Waals surface area contributed by atoms with Gasteiger partial charge in [-0.15, -0.1) is 0 Å². The molecule has 0 saturated carbocycles. The molecule has 2 aromatic rings. The second-order valence-corrected chi connectivity index (χ2v) is 4.40. The van der Waals surface area contributed by atoms with Gasteiger partial charge in [0.15, 0.2) is 0 Å². The fourth-order valence-corrected chi connectivity index (χ4v) is 2.12. The third-order valence-corrected chi connectivity index (χ3v) is 2.99. The first-order chi connectivity index (χ1) is 7.65. The van der Waals surface area contributed by atoms with Crippen LogP contribution in [0.3, 0.4) is 0 Å². The average molecular weight is 236 g/mol. The predicted octanol–water partition coefficient (Wildman–Crippen LogP) is 4.02. The molecule has 84 valence electrons. The first-order valence-electron chi connectivity index (χ1n) is 5.26. The van der Waals surface area contributed by atoms with Crippen molar-refractivity contribution in [1.82, 2.24) is 4.98 Å². The maximum atomic E-state index is 6.13. The van der Waals surface area contributed by atoms with Crippen LogP contribution >= 0.6 is 11.6 Å². The van der Waals surface area contributed by atoms with Crippen LogP contribution < -0.4 is 4.74 Å². The van der Waals surface area contributed by atoms with Crippen LogP contribution in [0.25, 0.3) is 10.8 Å². The van der Waals surface area contributed by atoms with Crippen molar-refractivity contribution in [2.45, 2.75) is 19.8 Å². The largest absolute Gasteiger partial charge is 0.496 e. The normalized spacial score (nSPS) is 11.1. The van der Waals surface area contributed by atoms with Crippen LogP contribution in [0, 0.1) is 0 Å². The Hall–Kier alpha value is -1.28. The molecule has 1 heterocycles. The minimum atomic E-state index is 0.416. The van der Waals surface area contributed by atoms with Crippen molar-refractivity contribution in [3.63, 3.8) is 0 Å². The summed E-state index contributed by atoms with van der Waals surface area (Å²) in [5.74, 6) is 1.19. The van der Waals surface area contributed by atoms with Crippen LogP contribution in [0.4, 0.5) is 0 Å². The third-order valence-electron chi connectivity index (χ3n) is 2.70. The van der Waals surface area contributed by atoms with Crippen LogP contribution in [0.1, 0.15) is 25.3 Å². The van der Waals surface area contributed by atoms with Crippen molar-refractivity contribution in [3.05, 3.63) is 35.1 Å². The van der Waals surface area contributed by atoms with Gasteiger partial charge in [0.25, 0.3) is 0 Å². The molecule has 0 saturated heterocycles. The molecular formula is C13H14ClNO. The molecule has 0 spiro atoms. The fraction of sp³-hybridized carbons (Fsp3) is 0.308. The van der Waals surface area contributed by atoms with Gasteiger partial charge in [0, 0.05) is 6.20 Å². The van der Waals surface area contributed by atoms with E-state index in [4.69, 9.17) is 16.3 Å². The molecule has 0 amide bonds. The lowest BCUT2D eigenvalue weighted by atomic mass is 9.98. The van der Waals surface area contributed by atoms with E-state index in [1.807, 2.05) is 18.3 Å². The van der Waals surface area contributed by atoms with E-state index < -0.39 is 0 Å². The van der Waals surface area contributed by atoms with Gasteiger partial charge in [-0.25, -0.2) is 4.98 Å². The smallest absolute Gasteiger partial charge is 0.140 e. The van der Waals surface area contributed by atoms with Crippen LogP contribution in [0.5, 0.6) is 5.75 Å².